The van der Waals surface area contributed by atoms with Gasteiger partial charge in [0, 0.05) is 20.6 Å². The minimum absolute atomic E-state index is 0.0373. The fourth-order valence-corrected chi connectivity index (χ4v) is 1.47. The van der Waals surface area contributed by atoms with Crippen LogP contribution in [0.25, 0.3) is 0 Å². The zero-order valence-corrected chi connectivity index (χ0v) is 9.90. The number of nitrogens with zero attached hydrogens (tertiary/aromatic N) is 2. The van der Waals surface area contributed by atoms with Gasteiger partial charge in [0.1, 0.15) is 5.82 Å². The quantitative estimate of drug-likeness (QED) is 0.777. The summed E-state index contributed by atoms with van der Waals surface area (Å²) < 4.78 is 0. The lowest BCUT2D eigenvalue weighted by Gasteiger charge is -2.22. The van der Waals surface area contributed by atoms with Crippen LogP contribution in [-0.4, -0.2) is 31.5 Å². The van der Waals surface area contributed by atoms with Crippen molar-refractivity contribution < 1.29 is 4.79 Å². The molecule has 16 heavy (non-hydrogen) atoms. The van der Waals surface area contributed by atoms with Crippen LogP contribution < -0.4 is 16.0 Å². The standard InChI is InChI=1S/C11H18N4O/c1-8(11(16)13-2)7-15(3)9-4-5-10(12)14-6-9/h4-6,8H,7H2,1-3H3,(H2,12,14)(H,13,16). The van der Waals surface area contributed by atoms with Crippen LogP contribution in [0.1, 0.15) is 6.92 Å². The Bertz CT molecular complexity index is 350. The highest BCUT2D eigenvalue weighted by Gasteiger charge is 2.13. The van der Waals surface area contributed by atoms with Gasteiger partial charge in [-0.3, -0.25) is 4.79 Å². The molecule has 0 spiro atoms. The third kappa shape index (κ3) is 3.12. The second-order valence-corrected chi connectivity index (χ2v) is 3.84. The molecule has 1 atom stereocenters. The van der Waals surface area contributed by atoms with Crippen molar-refractivity contribution in [1.29, 1.82) is 0 Å². The lowest BCUT2D eigenvalue weighted by atomic mass is 10.1. The number of hydrogen-bond donors (Lipinski definition) is 2. The van der Waals surface area contributed by atoms with E-state index >= 15 is 0 Å². The Hall–Kier alpha value is -1.78. The van der Waals surface area contributed by atoms with Gasteiger partial charge >= 0.3 is 0 Å². The molecule has 0 aliphatic heterocycles. The van der Waals surface area contributed by atoms with E-state index in [0.29, 0.717) is 12.4 Å². The van der Waals surface area contributed by atoms with Crippen molar-refractivity contribution in [3.63, 3.8) is 0 Å². The molecule has 0 saturated carbocycles. The largest absolute Gasteiger partial charge is 0.384 e. The van der Waals surface area contributed by atoms with Gasteiger partial charge in [0.25, 0.3) is 0 Å². The van der Waals surface area contributed by atoms with E-state index in [-0.39, 0.29) is 11.8 Å². The average molecular weight is 222 g/mol. The van der Waals surface area contributed by atoms with Gasteiger partial charge in [-0.15, -0.1) is 0 Å². The van der Waals surface area contributed by atoms with E-state index in [4.69, 9.17) is 5.73 Å². The van der Waals surface area contributed by atoms with E-state index in [1.165, 1.54) is 0 Å². The molecule has 5 heteroatoms. The van der Waals surface area contributed by atoms with Gasteiger partial charge in [-0.1, -0.05) is 6.92 Å². The average Bonchev–Trinajstić information content (AvgIpc) is 2.28. The van der Waals surface area contributed by atoms with Crippen molar-refractivity contribution in [1.82, 2.24) is 10.3 Å². The van der Waals surface area contributed by atoms with Crippen LogP contribution in [0.3, 0.4) is 0 Å². The normalized spacial score (nSPS) is 11.9. The van der Waals surface area contributed by atoms with Crippen LogP contribution in [0, 0.1) is 5.92 Å². The third-order valence-corrected chi connectivity index (χ3v) is 2.45. The van der Waals surface area contributed by atoms with Crippen LogP contribution in [-0.2, 0) is 4.79 Å². The Morgan fingerprint density at radius 1 is 1.62 bits per heavy atom. The molecule has 0 aliphatic rings. The first kappa shape index (κ1) is 12.3. The minimum atomic E-state index is -0.0625. The van der Waals surface area contributed by atoms with E-state index in [0.717, 1.165) is 5.69 Å². The molecule has 1 rings (SSSR count). The lowest BCUT2D eigenvalue weighted by Crippen LogP contribution is -2.34. The lowest BCUT2D eigenvalue weighted by molar-refractivity contribution is -0.123. The molecule has 0 saturated heterocycles. The van der Waals surface area contributed by atoms with Crippen LogP contribution in [0.5, 0.6) is 0 Å². The van der Waals surface area contributed by atoms with Gasteiger partial charge < -0.3 is 16.0 Å². The molecule has 88 valence electrons. The number of aromatic nitrogens is 1. The molecule has 1 heterocycles. The smallest absolute Gasteiger partial charge is 0.224 e. The summed E-state index contributed by atoms with van der Waals surface area (Å²) in [5.74, 6) is 0.472. The van der Waals surface area contributed by atoms with E-state index in [2.05, 4.69) is 10.3 Å². The molecule has 0 radical (unpaired) electrons. The Kier molecular flexibility index (Phi) is 4.10. The summed E-state index contributed by atoms with van der Waals surface area (Å²) in [7, 11) is 3.57. The summed E-state index contributed by atoms with van der Waals surface area (Å²) in [6.45, 7) is 2.53. The molecule has 5 nitrogen and oxygen atoms in total. The molecule has 1 aromatic rings. The number of hydrogen-bond acceptors (Lipinski definition) is 4. The van der Waals surface area contributed by atoms with E-state index in [1.807, 2.05) is 24.9 Å². The first-order chi connectivity index (χ1) is 7.54. The summed E-state index contributed by atoms with van der Waals surface area (Å²) in [4.78, 5) is 17.3. The van der Waals surface area contributed by atoms with Crippen molar-refractivity contribution in [2.24, 2.45) is 5.92 Å². The third-order valence-electron chi connectivity index (χ3n) is 2.45. The monoisotopic (exact) mass is 222 g/mol. The van der Waals surface area contributed by atoms with Crippen molar-refractivity contribution in [3.8, 4) is 0 Å². The van der Waals surface area contributed by atoms with Crippen LogP contribution in [0.4, 0.5) is 11.5 Å². The second kappa shape index (κ2) is 5.34. The summed E-state index contributed by atoms with van der Waals surface area (Å²) in [5, 5.41) is 2.63. The topological polar surface area (TPSA) is 71.2 Å². The van der Waals surface area contributed by atoms with E-state index in [9.17, 15) is 4.79 Å². The summed E-state index contributed by atoms with van der Waals surface area (Å²) in [6.07, 6.45) is 1.70. The van der Waals surface area contributed by atoms with Gasteiger partial charge in [0.15, 0.2) is 0 Å². The molecule has 3 N–H and O–H groups in total. The number of anilines is 2. The van der Waals surface area contributed by atoms with Crippen LogP contribution >= 0.6 is 0 Å². The molecule has 1 amide bonds. The predicted molar refractivity (Wildman–Crippen MR) is 65.2 cm³/mol. The zero-order chi connectivity index (χ0) is 12.1. The van der Waals surface area contributed by atoms with E-state index < -0.39 is 0 Å². The molecule has 1 unspecified atom stereocenters. The van der Waals surface area contributed by atoms with Crippen molar-refractivity contribution in [2.75, 3.05) is 31.3 Å². The first-order valence-electron chi connectivity index (χ1n) is 5.19. The van der Waals surface area contributed by atoms with Crippen molar-refractivity contribution >= 4 is 17.4 Å². The maximum Gasteiger partial charge on any atom is 0.224 e. The highest BCUT2D eigenvalue weighted by molar-refractivity contribution is 5.78. The first-order valence-corrected chi connectivity index (χ1v) is 5.19. The summed E-state index contributed by atoms with van der Waals surface area (Å²) in [6, 6.07) is 3.63. The Labute approximate surface area is 95.7 Å². The Morgan fingerprint density at radius 2 is 2.31 bits per heavy atom. The molecule has 0 aliphatic carbocycles. The van der Waals surface area contributed by atoms with Gasteiger partial charge in [-0.25, -0.2) is 4.98 Å². The Morgan fingerprint density at radius 3 is 2.81 bits per heavy atom. The molecule has 0 bridgehead atoms. The fraction of sp³-hybridized carbons (Fsp3) is 0.455. The van der Waals surface area contributed by atoms with Crippen LogP contribution in [0.2, 0.25) is 0 Å². The number of carbonyl (C=O) groups is 1. The van der Waals surface area contributed by atoms with Gasteiger partial charge in [0.2, 0.25) is 5.91 Å². The van der Waals surface area contributed by atoms with Gasteiger partial charge in [0.05, 0.1) is 17.8 Å². The highest BCUT2D eigenvalue weighted by atomic mass is 16.1. The summed E-state index contributed by atoms with van der Waals surface area (Å²) >= 11 is 0. The van der Waals surface area contributed by atoms with Crippen LogP contribution in [0.15, 0.2) is 18.3 Å². The molecule has 0 fully saturated rings. The highest BCUT2D eigenvalue weighted by Crippen LogP contribution is 2.13. The van der Waals surface area contributed by atoms with Crippen molar-refractivity contribution in [2.45, 2.75) is 6.92 Å². The van der Waals surface area contributed by atoms with Gasteiger partial charge in [-0.05, 0) is 12.1 Å². The number of rotatable bonds is 4. The maximum atomic E-state index is 11.4. The zero-order valence-electron chi connectivity index (χ0n) is 9.90. The number of nitrogens with one attached hydrogen (secondary N) is 1. The number of nitrogen functional groups attached to an aromatic ring is 1. The molecular formula is C11H18N4O. The molecular weight excluding hydrogens is 204 g/mol. The number of nitrogens with two attached hydrogens (primary N) is 1. The summed E-state index contributed by atoms with van der Waals surface area (Å²) in [5.41, 5.74) is 6.45. The minimum Gasteiger partial charge on any atom is -0.384 e. The number of pyridine rings is 1. The van der Waals surface area contributed by atoms with Crippen molar-refractivity contribution in [3.05, 3.63) is 18.3 Å². The van der Waals surface area contributed by atoms with E-state index in [1.54, 1.807) is 19.3 Å². The molecule has 1 aromatic heterocycles. The number of amides is 1. The Balaban J connectivity index is 2.61. The predicted octanol–water partition coefficient (Wildman–Crippen LogP) is 0.482. The number of carbonyl (C=O) groups excluding carboxylic acids is 1. The SMILES string of the molecule is CNC(=O)C(C)CN(C)c1ccc(N)nc1. The second-order valence-electron chi connectivity index (χ2n) is 3.84. The maximum absolute atomic E-state index is 11.4. The fourth-order valence-electron chi connectivity index (χ4n) is 1.47. The van der Waals surface area contributed by atoms with Gasteiger partial charge in [-0.2, -0.15) is 0 Å². The molecule has 0 aromatic carbocycles.